The van der Waals surface area contributed by atoms with Crippen LogP contribution in [0.2, 0.25) is 0 Å². The molecule has 0 radical (unpaired) electrons. The average molecular weight is 427 g/mol. The maximum Gasteiger partial charge on any atom is 0.265 e. The minimum atomic E-state index is -0.587. The Bertz CT molecular complexity index is 935. The van der Waals surface area contributed by atoms with Crippen LogP contribution >= 0.6 is 0 Å². The fourth-order valence-electron chi connectivity index (χ4n) is 3.89. The zero-order valence-electron chi connectivity index (χ0n) is 18.6. The Kier molecular flexibility index (Phi) is 6.00. The number of hydrogen-bond acceptors (Lipinski definition) is 7. The number of rotatable bonds is 5. The highest BCUT2D eigenvalue weighted by Gasteiger charge is 2.38. The molecule has 166 valence electrons. The second-order valence-corrected chi connectivity index (χ2v) is 8.58. The van der Waals surface area contributed by atoms with Crippen LogP contribution in [0.3, 0.4) is 0 Å². The van der Waals surface area contributed by atoms with Gasteiger partial charge in [0.25, 0.3) is 5.91 Å². The van der Waals surface area contributed by atoms with Crippen molar-refractivity contribution < 1.29 is 19.0 Å². The van der Waals surface area contributed by atoms with E-state index in [9.17, 15) is 4.79 Å². The zero-order valence-corrected chi connectivity index (χ0v) is 18.6. The quantitative estimate of drug-likeness (QED) is 0.727. The molecule has 0 N–H and O–H groups in total. The van der Waals surface area contributed by atoms with E-state index in [2.05, 4.69) is 16.8 Å². The van der Waals surface area contributed by atoms with Crippen molar-refractivity contribution in [1.82, 2.24) is 14.9 Å². The summed E-state index contributed by atoms with van der Waals surface area (Å²) in [4.78, 5) is 26.6. The molecule has 1 amide bonds. The molecule has 8 nitrogen and oxygen atoms in total. The van der Waals surface area contributed by atoms with Gasteiger partial charge in [-0.2, -0.15) is 9.97 Å². The monoisotopic (exact) mass is 426 g/mol. The number of carbonyl (C=O) groups excluding carboxylic acids is 1. The van der Waals surface area contributed by atoms with E-state index in [-0.39, 0.29) is 29.3 Å². The van der Waals surface area contributed by atoms with Crippen LogP contribution in [0.15, 0.2) is 30.3 Å². The molecule has 8 heteroatoms. The minimum Gasteiger partial charge on any atom is -0.472 e. The molecule has 0 bridgehead atoms. The summed E-state index contributed by atoms with van der Waals surface area (Å²) in [6.45, 7) is 11.1. The number of hydrogen-bond donors (Lipinski definition) is 0. The third-order valence-electron chi connectivity index (χ3n) is 5.50. The first-order chi connectivity index (χ1) is 14.9. The average Bonchev–Trinajstić information content (AvgIpc) is 2.85. The van der Waals surface area contributed by atoms with Crippen molar-refractivity contribution in [3.63, 3.8) is 0 Å². The Balaban J connectivity index is 1.78. The van der Waals surface area contributed by atoms with Gasteiger partial charge in [-0.25, -0.2) is 0 Å². The number of likely N-dealkylation sites (N-methyl/N-ethyl adjacent to an activating group) is 1. The third-order valence-corrected chi connectivity index (χ3v) is 5.50. The third kappa shape index (κ3) is 4.58. The number of anilines is 1. The zero-order chi connectivity index (χ0) is 22.0. The van der Waals surface area contributed by atoms with Gasteiger partial charge in [0.2, 0.25) is 17.7 Å². The predicted octanol–water partition coefficient (Wildman–Crippen LogP) is 2.91. The van der Waals surface area contributed by atoms with E-state index in [1.807, 2.05) is 51.1 Å². The van der Waals surface area contributed by atoms with E-state index in [1.54, 1.807) is 4.90 Å². The van der Waals surface area contributed by atoms with E-state index in [0.29, 0.717) is 45.4 Å². The lowest BCUT2D eigenvalue weighted by Crippen LogP contribution is -2.44. The van der Waals surface area contributed by atoms with E-state index in [0.717, 1.165) is 5.56 Å². The Morgan fingerprint density at radius 2 is 2.00 bits per heavy atom. The summed E-state index contributed by atoms with van der Waals surface area (Å²) in [6, 6.07) is 9.92. The number of fused-ring (bicyclic) bond motifs is 1. The molecule has 3 heterocycles. The summed E-state index contributed by atoms with van der Waals surface area (Å²) in [7, 11) is 0. The Morgan fingerprint density at radius 3 is 2.71 bits per heavy atom. The van der Waals surface area contributed by atoms with Crippen molar-refractivity contribution in [1.29, 1.82) is 0 Å². The molecule has 2 aliphatic rings. The van der Waals surface area contributed by atoms with Crippen molar-refractivity contribution >= 4 is 11.9 Å². The van der Waals surface area contributed by atoms with Crippen LogP contribution in [0, 0.1) is 0 Å². The van der Waals surface area contributed by atoms with Crippen LogP contribution in [0.4, 0.5) is 5.95 Å². The molecule has 1 atom stereocenters. The van der Waals surface area contributed by atoms with E-state index in [4.69, 9.17) is 19.2 Å². The van der Waals surface area contributed by atoms with Gasteiger partial charge in [-0.15, -0.1) is 0 Å². The summed E-state index contributed by atoms with van der Waals surface area (Å²) in [6.07, 6.45) is 0. The molecule has 1 saturated heterocycles. The summed E-state index contributed by atoms with van der Waals surface area (Å²) < 4.78 is 17.9. The summed E-state index contributed by atoms with van der Waals surface area (Å²) in [5.74, 6) is 0.847. The van der Waals surface area contributed by atoms with Crippen molar-refractivity contribution in [2.75, 3.05) is 37.7 Å². The standard InChI is InChI=1S/C23H30N4O4/c1-5-26-15-23(3,4)31-20-18(21(26)28)19(30-14-17-9-7-6-8-10-17)24-22(25-20)27-11-12-29-13-16(27)2/h6-10,16H,5,11-15H2,1-4H3. The van der Waals surface area contributed by atoms with Crippen molar-refractivity contribution in [3.8, 4) is 11.8 Å². The normalized spacial score (nSPS) is 20.6. The number of ether oxygens (including phenoxy) is 3. The van der Waals surface area contributed by atoms with Gasteiger partial charge in [-0.3, -0.25) is 4.79 Å². The Morgan fingerprint density at radius 1 is 1.23 bits per heavy atom. The van der Waals surface area contributed by atoms with E-state index in [1.165, 1.54) is 0 Å². The molecule has 1 aromatic carbocycles. The SMILES string of the molecule is CCN1CC(C)(C)Oc2nc(N3CCOCC3C)nc(OCc3ccccc3)c2C1=O. The maximum atomic E-state index is 13.4. The summed E-state index contributed by atoms with van der Waals surface area (Å²) in [5, 5.41) is 0. The van der Waals surface area contributed by atoms with Gasteiger partial charge in [0.15, 0.2) is 5.56 Å². The highest BCUT2D eigenvalue weighted by molar-refractivity contribution is 5.99. The Labute approximate surface area is 183 Å². The molecule has 2 aromatic rings. The van der Waals surface area contributed by atoms with E-state index < -0.39 is 5.60 Å². The molecule has 0 saturated carbocycles. The Hall–Kier alpha value is -2.87. The van der Waals surface area contributed by atoms with Gasteiger partial charge in [-0.1, -0.05) is 30.3 Å². The fraction of sp³-hybridized carbons (Fsp3) is 0.522. The topological polar surface area (TPSA) is 77.0 Å². The molecular weight excluding hydrogens is 396 g/mol. The van der Waals surface area contributed by atoms with E-state index >= 15 is 0 Å². The predicted molar refractivity (Wildman–Crippen MR) is 117 cm³/mol. The lowest BCUT2D eigenvalue weighted by molar-refractivity contribution is 0.0540. The fourth-order valence-corrected chi connectivity index (χ4v) is 3.89. The van der Waals surface area contributed by atoms with Crippen LogP contribution in [-0.4, -0.2) is 65.3 Å². The molecule has 2 aliphatic heterocycles. The molecule has 4 rings (SSSR count). The second-order valence-electron chi connectivity index (χ2n) is 8.58. The number of carbonyl (C=O) groups is 1. The van der Waals surface area contributed by atoms with Crippen LogP contribution in [0.1, 0.15) is 43.6 Å². The van der Waals surface area contributed by atoms with Crippen LogP contribution < -0.4 is 14.4 Å². The number of amides is 1. The molecule has 1 unspecified atom stereocenters. The molecular formula is C23H30N4O4. The maximum absolute atomic E-state index is 13.4. The van der Waals surface area contributed by atoms with Crippen molar-refractivity contribution in [2.45, 2.75) is 45.9 Å². The van der Waals surface area contributed by atoms with Crippen molar-refractivity contribution in [2.24, 2.45) is 0 Å². The van der Waals surface area contributed by atoms with Crippen LogP contribution in [0.5, 0.6) is 11.8 Å². The molecule has 31 heavy (non-hydrogen) atoms. The number of benzene rings is 1. The molecule has 0 aliphatic carbocycles. The first kappa shape index (κ1) is 21.4. The highest BCUT2D eigenvalue weighted by Crippen LogP contribution is 2.35. The smallest absolute Gasteiger partial charge is 0.265 e. The van der Waals surface area contributed by atoms with Gasteiger partial charge in [0.05, 0.1) is 25.8 Å². The van der Waals surface area contributed by atoms with Crippen molar-refractivity contribution in [3.05, 3.63) is 41.5 Å². The molecule has 1 aromatic heterocycles. The van der Waals surface area contributed by atoms with Gasteiger partial charge < -0.3 is 24.0 Å². The van der Waals surface area contributed by atoms with Gasteiger partial charge in [0, 0.05) is 13.1 Å². The largest absolute Gasteiger partial charge is 0.472 e. The number of aromatic nitrogens is 2. The molecule has 1 fully saturated rings. The first-order valence-electron chi connectivity index (χ1n) is 10.8. The van der Waals surface area contributed by atoms with Gasteiger partial charge in [0.1, 0.15) is 12.2 Å². The highest BCUT2D eigenvalue weighted by atomic mass is 16.5. The van der Waals surface area contributed by atoms with Gasteiger partial charge in [-0.05, 0) is 33.3 Å². The van der Waals surface area contributed by atoms with Crippen LogP contribution in [0.25, 0.3) is 0 Å². The molecule has 0 spiro atoms. The second kappa shape index (κ2) is 8.70. The number of nitrogens with zero attached hydrogens (tertiary/aromatic N) is 4. The van der Waals surface area contributed by atoms with Gasteiger partial charge >= 0.3 is 0 Å². The summed E-state index contributed by atoms with van der Waals surface area (Å²) >= 11 is 0. The lowest BCUT2D eigenvalue weighted by atomic mass is 10.1. The minimum absolute atomic E-state index is 0.107. The number of morpholine rings is 1. The van der Waals surface area contributed by atoms with Crippen LogP contribution in [-0.2, 0) is 11.3 Å². The lowest BCUT2D eigenvalue weighted by Gasteiger charge is -2.33. The summed E-state index contributed by atoms with van der Waals surface area (Å²) in [5.41, 5.74) is 0.689. The first-order valence-corrected chi connectivity index (χ1v) is 10.8.